The minimum absolute atomic E-state index is 0.00356. The first-order valence-corrected chi connectivity index (χ1v) is 6.25. The molecule has 0 aliphatic heterocycles. The van der Waals surface area contributed by atoms with Gasteiger partial charge in [0.25, 0.3) is 0 Å². The maximum atomic E-state index is 9.30. The molecule has 0 fully saturated rings. The molecule has 1 N–H and O–H groups in total. The van der Waals surface area contributed by atoms with Gasteiger partial charge in [0.05, 0.1) is 10.0 Å². The summed E-state index contributed by atoms with van der Waals surface area (Å²) in [7, 11) is 0. The van der Waals surface area contributed by atoms with E-state index in [-0.39, 0.29) is 15.8 Å². The Kier molecular flexibility index (Phi) is 4.23. The second kappa shape index (κ2) is 5.70. The van der Waals surface area contributed by atoms with Gasteiger partial charge in [-0.25, -0.2) is 0 Å². The average molecular weight is 304 g/mol. The van der Waals surface area contributed by atoms with Crippen molar-refractivity contribution >= 4 is 34.8 Å². The normalized spacial score (nSPS) is 10.4. The van der Waals surface area contributed by atoms with E-state index in [2.05, 4.69) is 0 Å². The van der Waals surface area contributed by atoms with Crippen LogP contribution in [0.15, 0.2) is 36.4 Å². The van der Waals surface area contributed by atoms with Crippen LogP contribution in [0.3, 0.4) is 0 Å². The smallest absolute Gasteiger partial charge is 0.157 e. The lowest BCUT2D eigenvalue weighted by Gasteiger charge is -2.10. The van der Waals surface area contributed by atoms with E-state index < -0.39 is 0 Å². The first-order chi connectivity index (χ1) is 8.56. The van der Waals surface area contributed by atoms with Crippen LogP contribution in [0.1, 0.15) is 5.56 Å². The Morgan fingerprint density at radius 3 is 2.06 bits per heavy atom. The van der Waals surface area contributed by atoms with Crippen LogP contribution in [0.25, 0.3) is 0 Å². The van der Waals surface area contributed by atoms with Crippen molar-refractivity contribution in [3.63, 3.8) is 0 Å². The van der Waals surface area contributed by atoms with Crippen molar-refractivity contribution in [3.8, 4) is 11.5 Å². The summed E-state index contributed by atoms with van der Waals surface area (Å²) in [5, 5.41) is 10.5. The number of hydrogen-bond acceptors (Lipinski definition) is 2. The van der Waals surface area contributed by atoms with Crippen LogP contribution >= 0.6 is 34.8 Å². The van der Waals surface area contributed by atoms with Gasteiger partial charge in [-0.2, -0.15) is 0 Å². The Balaban J connectivity index is 2.13. The van der Waals surface area contributed by atoms with Gasteiger partial charge >= 0.3 is 0 Å². The molecule has 0 atom stereocenters. The molecule has 0 heterocycles. The zero-order chi connectivity index (χ0) is 13.1. The third kappa shape index (κ3) is 3.22. The monoisotopic (exact) mass is 302 g/mol. The summed E-state index contributed by atoms with van der Waals surface area (Å²) >= 11 is 17.7. The second-order valence-corrected chi connectivity index (χ2v) is 4.90. The summed E-state index contributed by atoms with van der Waals surface area (Å²) in [5.74, 6) is 0.356. The van der Waals surface area contributed by atoms with Crippen molar-refractivity contribution in [2.75, 3.05) is 0 Å². The molecule has 0 aliphatic carbocycles. The summed E-state index contributed by atoms with van der Waals surface area (Å²) in [5.41, 5.74) is 0.944. The van der Waals surface area contributed by atoms with Crippen molar-refractivity contribution in [2.45, 2.75) is 6.61 Å². The van der Waals surface area contributed by atoms with Crippen molar-refractivity contribution in [3.05, 3.63) is 57.0 Å². The topological polar surface area (TPSA) is 29.5 Å². The molecule has 5 heteroatoms. The number of hydrogen-bond donors (Lipinski definition) is 1. The van der Waals surface area contributed by atoms with Crippen LogP contribution < -0.4 is 4.74 Å². The third-order valence-electron chi connectivity index (χ3n) is 2.28. The minimum atomic E-state index is 0.00356. The second-order valence-electron chi connectivity index (χ2n) is 3.65. The number of aromatic hydroxyl groups is 1. The van der Waals surface area contributed by atoms with Crippen LogP contribution in [-0.4, -0.2) is 5.11 Å². The summed E-state index contributed by atoms with van der Waals surface area (Å²) in [6.07, 6.45) is 0. The molecule has 2 nitrogen and oxygen atoms in total. The van der Waals surface area contributed by atoms with Gasteiger partial charge < -0.3 is 9.84 Å². The van der Waals surface area contributed by atoms with Gasteiger partial charge in [-0.05, 0) is 17.7 Å². The summed E-state index contributed by atoms with van der Waals surface area (Å²) in [4.78, 5) is 0. The highest BCUT2D eigenvalue weighted by molar-refractivity contribution is 6.37. The van der Waals surface area contributed by atoms with E-state index in [1.807, 2.05) is 12.1 Å². The van der Waals surface area contributed by atoms with E-state index in [1.54, 1.807) is 12.1 Å². The maximum absolute atomic E-state index is 9.30. The molecule has 94 valence electrons. The lowest BCUT2D eigenvalue weighted by molar-refractivity contribution is 0.306. The Hall–Kier alpha value is -1.09. The summed E-state index contributed by atoms with van der Waals surface area (Å²) in [6, 6.07) is 10.0. The van der Waals surface area contributed by atoms with Crippen LogP contribution in [0, 0.1) is 0 Å². The van der Waals surface area contributed by atoms with E-state index in [0.29, 0.717) is 17.4 Å². The Morgan fingerprint density at radius 1 is 0.944 bits per heavy atom. The number of halogens is 3. The van der Waals surface area contributed by atoms with E-state index in [4.69, 9.17) is 39.5 Å². The maximum Gasteiger partial charge on any atom is 0.157 e. The van der Waals surface area contributed by atoms with Gasteiger partial charge in [0, 0.05) is 17.2 Å². The molecule has 0 aliphatic rings. The average Bonchev–Trinajstić information content (AvgIpc) is 2.30. The molecule has 0 aromatic heterocycles. The van der Waals surface area contributed by atoms with Crippen molar-refractivity contribution in [1.82, 2.24) is 0 Å². The molecule has 0 saturated carbocycles. The largest absolute Gasteiger partial charge is 0.508 e. The van der Waals surface area contributed by atoms with Crippen molar-refractivity contribution < 1.29 is 9.84 Å². The predicted octanol–water partition coefficient (Wildman–Crippen LogP) is 4.93. The first kappa shape index (κ1) is 13.3. The molecule has 2 aromatic carbocycles. The molecule has 0 unspecified atom stereocenters. The highest BCUT2D eigenvalue weighted by Crippen LogP contribution is 2.36. The quantitative estimate of drug-likeness (QED) is 0.871. The number of rotatable bonds is 3. The highest BCUT2D eigenvalue weighted by atomic mass is 35.5. The molecule has 0 bridgehead atoms. The van der Waals surface area contributed by atoms with Gasteiger partial charge in [0.1, 0.15) is 12.4 Å². The van der Waals surface area contributed by atoms with Crippen LogP contribution in [0.4, 0.5) is 0 Å². The Morgan fingerprint density at radius 2 is 1.50 bits per heavy atom. The third-order valence-corrected chi connectivity index (χ3v) is 3.09. The molecule has 0 amide bonds. The summed E-state index contributed by atoms with van der Waals surface area (Å²) < 4.78 is 5.53. The molecule has 0 saturated heterocycles. The van der Waals surface area contributed by atoms with E-state index in [1.165, 1.54) is 12.1 Å². The van der Waals surface area contributed by atoms with Gasteiger partial charge in [0.15, 0.2) is 5.75 Å². The van der Waals surface area contributed by atoms with E-state index >= 15 is 0 Å². The lowest BCUT2D eigenvalue weighted by Crippen LogP contribution is -1.96. The van der Waals surface area contributed by atoms with Crippen molar-refractivity contribution in [2.24, 2.45) is 0 Å². The SMILES string of the molecule is Oc1cc(Cl)c(OCc2ccc(Cl)cc2)c(Cl)c1. The van der Waals surface area contributed by atoms with Gasteiger partial charge in [-0.1, -0.05) is 46.9 Å². The van der Waals surface area contributed by atoms with Gasteiger partial charge in [0.2, 0.25) is 0 Å². The fourth-order valence-electron chi connectivity index (χ4n) is 1.42. The van der Waals surface area contributed by atoms with Crippen LogP contribution in [0.5, 0.6) is 11.5 Å². The van der Waals surface area contributed by atoms with Crippen molar-refractivity contribution in [1.29, 1.82) is 0 Å². The summed E-state index contributed by atoms with van der Waals surface area (Å²) in [6.45, 7) is 0.321. The first-order valence-electron chi connectivity index (χ1n) is 5.11. The zero-order valence-electron chi connectivity index (χ0n) is 9.16. The number of benzene rings is 2. The minimum Gasteiger partial charge on any atom is -0.508 e. The molecule has 2 rings (SSSR count). The highest BCUT2D eigenvalue weighted by Gasteiger charge is 2.09. The van der Waals surface area contributed by atoms with E-state index in [0.717, 1.165) is 5.56 Å². The van der Waals surface area contributed by atoms with E-state index in [9.17, 15) is 5.11 Å². The zero-order valence-corrected chi connectivity index (χ0v) is 11.4. The number of ether oxygens (including phenoxy) is 1. The molecule has 2 aromatic rings. The fourth-order valence-corrected chi connectivity index (χ4v) is 2.13. The lowest BCUT2D eigenvalue weighted by atomic mass is 10.2. The number of phenols is 1. The molecule has 18 heavy (non-hydrogen) atoms. The Labute approximate surface area is 120 Å². The molecular formula is C13H9Cl3O2. The predicted molar refractivity (Wildman–Crippen MR) is 73.9 cm³/mol. The molecule has 0 radical (unpaired) electrons. The standard InChI is InChI=1S/C13H9Cl3O2/c14-9-3-1-8(2-4-9)7-18-13-11(15)5-10(17)6-12(13)16/h1-6,17H,7H2. The number of phenolic OH excluding ortho intramolecular Hbond substituents is 1. The molecular weight excluding hydrogens is 294 g/mol. The molecule has 0 spiro atoms. The van der Waals surface area contributed by atoms with Gasteiger partial charge in [-0.15, -0.1) is 0 Å². The Bertz CT molecular complexity index is 530. The van der Waals surface area contributed by atoms with Crippen LogP contribution in [-0.2, 0) is 6.61 Å². The fraction of sp³-hybridized carbons (Fsp3) is 0.0769. The van der Waals surface area contributed by atoms with Crippen LogP contribution in [0.2, 0.25) is 15.1 Å². The van der Waals surface area contributed by atoms with Gasteiger partial charge in [-0.3, -0.25) is 0 Å².